The lowest BCUT2D eigenvalue weighted by Crippen LogP contribution is -2.15. The van der Waals surface area contributed by atoms with Crippen molar-refractivity contribution in [1.29, 1.82) is 0 Å². The second-order valence-electron chi connectivity index (χ2n) is 4.48. The first-order valence-corrected chi connectivity index (χ1v) is 6.82. The molecule has 0 fully saturated rings. The Balaban J connectivity index is 2.01. The highest BCUT2D eigenvalue weighted by Crippen LogP contribution is 2.18. The molecule has 8 nitrogen and oxygen atoms in total. The summed E-state index contributed by atoms with van der Waals surface area (Å²) in [5.74, 6) is 5.67. The quantitative estimate of drug-likeness (QED) is 0.557. The van der Waals surface area contributed by atoms with Gasteiger partial charge < -0.3 is 5.43 Å². The SMILES string of the molecule is CC(C)Cc1nnc(NC(=O)c2cnc(NN)cn2)s1. The van der Waals surface area contributed by atoms with Crippen molar-refractivity contribution in [3.05, 3.63) is 23.1 Å². The standard InChI is InChI=1S/C11H15N7OS/c1-6(2)3-9-17-18-11(20-9)15-10(19)7-4-14-8(16-12)5-13-7/h4-6H,3,12H2,1-2H3,(H,14,16)(H,15,18,19). The van der Waals surface area contributed by atoms with Gasteiger partial charge in [0.05, 0.1) is 12.4 Å². The van der Waals surface area contributed by atoms with E-state index in [1.165, 1.54) is 23.7 Å². The van der Waals surface area contributed by atoms with Gasteiger partial charge in [-0.15, -0.1) is 10.2 Å². The Morgan fingerprint density at radius 1 is 1.35 bits per heavy atom. The average Bonchev–Trinajstić information content (AvgIpc) is 2.85. The van der Waals surface area contributed by atoms with Crippen LogP contribution in [0.3, 0.4) is 0 Å². The number of hydrazine groups is 1. The van der Waals surface area contributed by atoms with Crippen LogP contribution in [0.4, 0.5) is 10.9 Å². The first kappa shape index (κ1) is 14.3. The summed E-state index contributed by atoms with van der Waals surface area (Å²) in [6.07, 6.45) is 3.55. The Morgan fingerprint density at radius 3 is 2.75 bits per heavy atom. The zero-order chi connectivity index (χ0) is 14.5. The number of carbonyl (C=O) groups is 1. The summed E-state index contributed by atoms with van der Waals surface area (Å²) >= 11 is 1.36. The van der Waals surface area contributed by atoms with Crippen LogP contribution in [0.1, 0.15) is 29.3 Å². The van der Waals surface area contributed by atoms with E-state index in [1.807, 2.05) is 0 Å². The molecule has 0 bridgehead atoms. The topological polar surface area (TPSA) is 119 Å². The third kappa shape index (κ3) is 3.68. The Morgan fingerprint density at radius 2 is 2.15 bits per heavy atom. The number of amides is 1. The Hall–Kier alpha value is -2.13. The maximum Gasteiger partial charge on any atom is 0.277 e. The fourth-order valence-corrected chi connectivity index (χ4v) is 2.36. The van der Waals surface area contributed by atoms with Gasteiger partial charge in [0.2, 0.25) is 5.13 Å². The van der Waals surface area contributed by atoms with Crippen molar-refractivity contribution in [1.82, 2.24) is 20.2 Å². The van der Waals surface area contributed by atoms with Crippen molar-refractivity contribution in [3.63, 3.8) is 0 Å². The summed E-state index contributed by atoms with van der Waals surface area (Å²) in [5.41, 5.74) is 2.52. The summed E-state index contributed by atoms with van der Waals surface area (Å²) in [4.78, 5) is 19.8. The number of nitrogens with two attached hydrogens (primary N) is 1. The van der Waals surface area contributed by atoms with Gasteiger partial charge in [0.1, 0.15) is 10.7 Å². The molecule has 0 aliphatic heterocycles. The van der Waals surface area contributed by atoms with Gasteiger partial charge in [-0.25, -0.2) is 15.8 Å². The van der Waals surface area contributed by atoms with Crippen LogP contribution in [-0.4, -0.2) is 26.1 Å². The summed E-state index contributed by atoms with van der Waals surface area (Å²) in [5, 5.41) is 11.9. The predicted molar refractivity (Wildman–Crippen MR) is 76.2 cm³/mol. The minimum Gasteiger partial charge on any atom is -0.307 e. The van der Waals surface area contributed by atoms with Gasteiger partial charge in [-0.05, 0) is 5.92 Å². The molecule has 0 radical (unpaired) electrons. The van der Waals surface area contributed by atoms with Crippen LogP contribution in [0.2, 0.25) is 0 Å². The number of carbonyl (C=O) groups excluding carboxylic acids is 1. The lowest BCUT2D eigenvalue weighted by atomic mass is 10.1. The minimum absolute atomic E-state index is 0.185. The van der Waals surface area contributed by atoms with Crippen LogP contribution in [0.15, 0.2) is 12.4 Å². The van der Waals surface area contributed by atoms with Crippen molar-refractivity contribution in [2.45, 2.75) is 20.3 Å². The molecular formula is C11H15N7OS. The van der Waals surface area contributed by atoms with Crippen LogP contribution in [0.5, 0.6) is 0 Å². The average molecular weight is 293 g/mol. The van der Waals surface area contributed by atoms with Crippen molar-refractivity contribution in [2.75, 3.05) is 10.7 Å². The number of nitrogen functional groups attached to an aromatic ring is 1. The zero-order valence-electron chi connectivity index (χ0n) is 11.1. The van der Waals surface area contributed by atoms with Crippen molar-refractivity contribution in [2.24, 2.45) is 11.8 Å². The number of hydrogen-bond donors (Lipinski definition) is 3. The molecule has 2 heterocycles. The Bertz CT molecular complexity index is 581. The molecule has 20 heavy (non-hydrogen) atoms. The van der Waals surface area contributed by atoms with Crippen LogP contribution >= 0.6 is 11.3 Å². The fraction of sp³-hybridized carbons (Fsp3) is 0.364. The van der Waals surface area contributed by atoms with Crippen molar-refractivity contribution in [3.8, 4) is 0 Å². The maximum absolute atomic E-state index is 11.9. The number of nitrogens with zero attached hydrogens (tertiary/aromatic N) is 4. The first-order valence-electron chi connectivity index (χ1n) is 6.01. The molecule has 4 N–H and O–H groups in total. The largest absolute Gasteiger partial charge is 0.307 e. The molecule has 0 saturated carbocycles. The highest BCUT2D eigenvalue weighted by atomic mass is 32.1. The molecule has 106 valence electrons. The number of hydrogen-bond acceptors (Lipinski definition) is 8. The van der Waals surface area contributed by atoms with E-state index in [1.54, 1.807) is 0 Å². The summed E-state index contributed by atoms with van der Waals surface area (Å²) in [7, 11) is 0. The monoisotopic (exact) mass is 293 g/mol. The highest BCUT2D eigenvalue weighted by molar-refractivity contribution is 7.15. The normalized spacial score (nSPS) is 10.6. The van der Waals surface area contributed by atoms with Gasteiger partial charge in [-0.1, -0.05) is 25.2 Å². The molecule has 0 aliphatic rings. The van der Waals surface area contributed by atoms with E-state index in [0.29, 0.717) is 16.9 Å². The van der Waals surface area contributed by atoms with Gasteiger partial charge in [0.25, 0.3) is 5.91 Å². The van der Waals surface area contributed by atoms with Gasteiger partial charge in [-0.3, -0.25) is 10.1 Å². The molecule has 0 unspecified atom stereocenters. The lowest BCUT2D eigenvalue weighted by molar-refractivity contribution is 0.102. The molecule has 1 amide bonds. The van der Waals surface area contributed by atoms with E-state index < -0.39 is 0 Å². The van der Waals surface area contributed by atoms with Crippen LogP contribution < -0.4 is 16.6 Å². The van der Waals surface area contributed by atoms with Crippen LogP contribution in [0.25, 0.3) is 0 Å². The summed E-state index contributed by atoms with van der Waals surface area (Å²) in [6, 6.07) is 0. The van der Waals surface area contributed by atoms with Gasteiger partial charge in [-0.2, -0.15) is 0 Å². The second-order valence-corrected chi connectivity index (χ2v) is 5.55. The molecule has 2 rings (SSSR count). The number of anilines is 2. The first-order chi connectivity index (χ1) is 9.58. The Labute approximate surface area is 119 Å². The van der Waals surface area contributed by atoms with E-state index in [0.717, 1.165) is 11.4 Å². The van der Waals surface area contributed by atoms with E-state index in [9.17, 15) is 4.79 Å². The maximum atomic E-state index is 11.9. The van der Waals surface area contributed by atoms with Gasteiger partial charge in [0, 0.05) is 6.42 Å². The molecule has 0 aliphatic carbocycles. The van der Waals surface area contributed by atoms with E-state index in [-0.39, 0.29) is 11.6 Å². The van der Waals surface area contributed by atoms with E-state index in [4.69, 9.17) is 5.84 Å². The molecule has 0 aromatic carbocycles. The van der Waals surface area contributed by atoms with Crippen LogP contribution in [-0.2, 0) is 6.42 Å². The lowest BCUT2D eigenvalue weighted by Gasteiger charge is -2.01. The zero-order valence-corrected chi connectivity index (χ0v) is 11.9. The number of rotatable bonds is 5. The van der Waals surface area contributed by atoms with E-state index in [2.05, 4.69) is 44.8 Å². The third-order valence-corrected chi connectivity index (χ3v) is 3.16. The number of aromatic nitrogens is 4. The predicted octanol–water partition coefficient (Wildman–Crippen LogP) is 1.06. The van der Waals surface area contributed by atoms with Crippen molar-refractivity contribution < 1.29 is 4.79 Å². The van der Waals surface area contributed by atoms with Gasteiger partial charge >= 0.3 is 0 Å². The smallest absolute Gasteiger partial charge is 0.277 e. The summed E-state index contributed by atoms with van der Waals surface area (Å²) < 4.78 is 0. The van der Waals surface area contributed by atoms with E-state index >= 15 is 0 Å². The number of nitrogens with one attached hydrogen (secondary N) is 2. The Kier molecular flexibility index (Phi) is 4.53. The molecular weight excluding hydrogens is 278 g/mol. The molecule has 0 atom stereocenters. The van der Waals surface area contributed by atoms with Crippen LogP contribution in [0, 0.1) is 5.92 Å². The minimum atomic E-state index is -0.381. The second kappa shape index (κ2) is 6.35. The highest BCUT2D eigenvalue weighted by Gasteiger charge is 2.12. The molecule has 9 heteroatoms. The molecule has 2 aromatic heterocycles. The fourth-order valence-electron chi connectivity index (χ4n) is 1.42. The van der Waals surface area contributed by atoms with Gasteiger partial charge in [0.15, 0.2) is 5.82 Å². The molecule has 0 saturated heterocycles. The molecule has 2 aromatic rings. The van der Waals surface area contributed by atoms with Crippen molar-refractivity contribution >= 4 is 28.2 Å². The molecule has 0 spiro atoms. The summed E-state index contributed by atoms with van der Waals surface area (Å²) in [6.45, 7) is 4.20. The third-order valence-electron chi connectivity index (χ3n) is 2.30.